The van der Waals surface area contributed by atoms with E-state index in [-0.39, 0.29) is 10.8 Å². The minimum atomic E-state index is 0.240. The predicted molar refractivity (Wildman–Crippen MR) is 288 cm³/mol. The molecule has 0 spiro atoms. The van der Waals surface area contributed by atoms with E-state index in [2.05, 4.69) is 246 Å². The van der Waals surface area contributed by atoms with Crippen molar-refractivity contribution >= 4 is 0 Å². The van der Waals surface area contributed by atoms with Crippen molar-refractivity contribution in [2.75, 3.05) is 0 Å². The zero-order valence-electron chi connectivity index (χ0n) is 50.0. The molecule has 2 unspecified atom stereocenters. The van der Waals surface area contributed by atoms with Gasteiger partial charge >= 0.3 is 0 Å². The molecule has 2 rings (SSSR count). The van der Waals surface area contributed by atoms with Gasteiger partial charge in [-0.2, -0.15) is 0 Å². The molecule has 0 nitrogen and oxygen atoms in total. The Bertz CT molecular complexity index is 1190. The lowest BCUT2D eigenvalue weighted by Gasteiger charge is -2.57. The molecular weight excluding hydrogens is 733 g/mol. The van der Waals surface area contributed by atoms with Crippen molar-refractivity contribution in [2.24, 2.45) is 66.0 Å². The highest BCUT2D eigenvalue weighted by atomic mass is 14.6. The van der Waals surface area contributed by atoms with Gasteiger partial charge in [-0.1, -0.05) is 286 Å². The van der Waals surface area contributed by atoms with Gasteiger partial charge in [0.05, 0.1) is 0 Å². The normalized spacial score (nSPS) is 17.6. The second-order valence-electron chi connectivity index (χ2n) is 29.5. The maximum absolute atomic E-state index is 2.42. The topological polar surface area (TPSA) is 0 Å². The first-order chi connectivity index (χ1) is 26.4. The van der Waals surface area contributed by atoms with Crippen LogP contribution in [0.2, 0.25) is 0 Å². The Morgan fingerprint density at radius 3 is 0.705 bits per heavy atom. The van der Waals surface area contributed by atoms with Crippen LogP contribution in [0, 0.1) is 66.0 Å². The summed E-state index contributed by atoms with van der Waals surface area (Å²) in [5.41, 5.74) is 7.22. The highest BCUT2D eigenvalue weighted by Crippen LogP contribution is 2.58. The molecule has 0 aliphatic heterocycles. The van der Waals surface area contributed by atoms with Crippen LogP contribution < -0.4 is 0 Å². The van der Waals surface area contributed by atoms with Crippen LogP contribution in [0.3, 0.4) is 0 Å². The third-order valence-electron chi connectivity index (χ3n) is 16.8. The Morgan fingerprint density at radius 1 is 0.344 bits per heavy atom. The van der Waals surface area contributed by atoms with Gasteiger partial charge in [0.2, 0.25) is 0 Å². The first-order valence-electron chi connectivity index (χ1n) is 25.5. The molecule has 0 saturated heterocycles. The van der Waals surface area contributed by atoms with Gasteiger partial charge in [0.25, 0.3) is 0 Å². The van der Waals surface area contributed by atoms with Crippen molar-refractivity contribution in [3.63, 3.8) is 0 Å². The first-order valence-corrected chi connectivity index (χ1v) is 25.5. The van der Waals surface area contributed by atoms with Crippen LogP contribution in [0.25, 0.3) is 0 Å². The summed E-state index contributed by atoms with van der Waals surface area (Å²) in [4.78, 5) is 0. The summed E-state index contributed by atoms with van der Waals surface area (Å²) in [7, 11) is 0. The standard InChI is InChI=1S/C15H32.C14H28.C14H22.C14H30.2C2H6/c1-12(2,3)14(7,8)11-15(9,10)13(4,5)6;2*1-13(2,3)11-9-7-8-10-12(11)14(4,5)6;1-11(2,3)13(7,8)14(9,10)12(4,5)6;2*1-2/h11H2,1-10H3;11-12H,7-10H2,1-6H3;7-10H,1-6H3;1-10H3;2*1-2H3. The van der Waals surface area contributed by atoms with Crippen molar-refractivity contribution in [1.29, 1.82) is 0 Å². The fourth-order valence-electron chi connectivity index (χ4n) is 8.51. The molecule has 0 heterocycles. The average molecular weight is 858 g/mol. The molecular formula is C61H124. The van der Waals surface area contributed by atoms with E-state index in [1.807, 2.05) is 27.7 Å². The molecule has 2 atom stereocenters. The van der Waals surface area contributed by atoms with Crippen LogP contribution in [-0.4, -0.2) is 0 Å². The van der Waals surface area contributed by atoms with E-state index >= 15 is 0 Å². The van der Waals surface area contributed by atoms with E-state index in [1.165, 1.54) is 43.2 Å². The largest absolute Gasteiger partial charge is 0.0683 e. The molecule has 0 N–H and O–H groups in total. The van der Waals surface area contributed by atoms with E-state index in [0.29, 0.717) is 54.1 Å². The maximum atomic E-state index is 2.42. The van der Waals surface area contributed by atoms with Gasteiger partial charge in [0.1, 0.15) is 0 Å². The third-order valence-corrected chi connectivity index (χ3v) is 16.8. The van der Waals surface area contributed by atoms with E-state index in [1.54, 1.807) is 0 Å². The fraction of sp³-hybridized carbons (Fsp3) is 0.902. The fourth-order valence-corrected chi connectivity index (χ4v) is 8.51. The molecule has 1 saturated carbocycles. The zero-order valence-corrected chi connectivity index (χ0v) is 50.0. The number of benzene rings is 1. The Balaban J connectivity index is -0.000000345. The molecule has 1 aromatic carbocycles. The van der Waals surface area contributed by atoms with Crippen molar-refractivity contribution < 1.29 is 0 Å². The second kappa shape index (κ2) is 23.6. The van der Waals surface area contributed by atoms with Gasteiger partial charge in [-0.25, -0.2) is 0 Å². The minimum absolute atomic E-state index is 0.240. The maximum Gasteiger partial charge on any atom is -0.0129 e. The third kappa shape index (κ3) is 20.9. The zero-order chi connectivity index (χ0) is 50.7. The minimum Gasteiger partial charge on any atom is -0.0683 e. The molecule has 0 amide bonds. The van der Waals surface area contributed by atoms with Gasteiger partial charge in [-0.3, -0.25) is 0 Å². The molecule has 0 aromatic heterocycles. The summed E-state index contributed by atoms with van der Waals surface area (Å²) >= 11 is 0. The molecule has 1 aromatic rings. The molecule has 0 radical (unpaired) electrons. The smallest absolute Gasteiger partial charge is 0.0129 e. The van der Waals surface area contributed by atoms with Crippen LogP contribution >= 0.6 is 0 Å². The molecule has 0 heteroatoms. The van der Waals surface area contributed by atoms with Gasteiger partial charge in [-0.05, 0) is 107 Å². The summed E-state index contributed by atoms with van der Waals surface area (Å²) in [5, 5.41) is 0. The van der Waals surface area contributed by atoms with Crippen molar-refractivity contribution in [1.82, 2.24) is 0 Å². The van der Waals surface area contributed by atoms with Crippen molar-refractivity contribution in [2.45, 2.75) is 292 Å². The molecule has 0 bridgehead atoms. The molecule has 368 valence electrons. The summed E-state index contributed by atoms with van der Waals surface area (Å²) in [6.07, 6.45) is 7.08. The lowest BCUT2D eigenvalue weighted by molar-refractivity contribution is -0.0790. The van der Waals surface area contributed by atoms with Crippen LogP contribution in [0.1, 0.15) is 292 Å². The molecule has 1 aliphatic rings. The van der Waals surface area contributed by atoms with Gasteiger partial charge < -0.3 is 0 Å². The SMILES string of the molecule is CC.CC.CC(C)(C)C(C)(C)C(C)(C)C(C)(C)C.CC(C)(C)C(C)(C)CC(C)(C)C(C)(C)C.CC(C)(C)C1CCCCC1C(C)(C)C.CC(C)(C)c1ccccc1C(C)(C)C. The van der Waals surface area contributed by atoms with Gasteiger partial charge in [-0.15, -0.1) is 0 Å². The number of hydrogen-bond acceptors (Lipinski definition) is 0. The average Bonchev–Trinajstić information content (AvgIpc) is 3.03. The van der Waals surface area contributed by atoms with Crippen LogP contribution in [0.5, 0.6) is 0 Å². The van der Waals surface area contributed by atoms with Crippen molar-refractivity contribution in [3.05, 3.63) is 35.4 Å². The summed E-state index contributed by atoms with van der Waals surface area (Å²) in [5.74, 6) is 1.85. The monoisotopic (exact) mass is 857 g/mol. The summed E-state index contributed by atoms with van der Waals surface area (Å²) in [6.45, 7) is 83.6. The lowest BCUT2D eigenvalue weighted by atomic mass is 9.48. The van der Waals surface area contributed by atoms with E-state index < -0.39 is 0 Å². The number of hydrogen-bond donors (Lipinski definition) is 0. The van der Waals surface area contributed by atoms with Crippen molar-refractivity contribution in [3.8, 4) is 0 Å². The highest BCUT2D eigenvalue weighted by Gasteiger charge is 2.51. The van der Waals surface area contributed by atoms with E-state index in [0.717, 1.165) is 11.8 Å². The van der Waals surface area contributed by atoms with Crippen LogP contribution in [0.15, 0.2) is 24.3 Å². The lowest BCUT2D eigenvalue weighted by Crippen LogP contribution is -2.49. The van der Waals surface area contributed by atoms with Gasteiger partial charge in [0.15, 0.2) is 0 Å². The van der Waals surface area contributed by atoms with Gasteiger partial charge in [0, 0.05) is 0 Å². The molecule has 1 aliphatic carbocycles. The van der Waals surface area contributed by atoms with E-state index in [4.69, 9.17) is 0 Å². The Hall–Kier alpha value is -0.780. The summed E-state index contributed by atoms with van der Waals surface area (Å²) < 4.78 is 0. The van der Waals surface area contributed by atoms with Crippen LogP contribution in [-0.2, 0) is 10.8 Å². The summed E-state index contributed by atoms with van der Waals surface area (Å²) in [6, 6.07) is 8.77. The Labute approximate surface area is 392 Å². The predicted octanol–water partition coefficient (Wildman–Crippen LogP) is 21.9. The quantitative estimate of drug-likeness (QED) is 0.284. The second-order valence-corrected chi connectivity index (χ2v) is 29.5. The Morgan fingerprint density at radius 2 is 0.557 bits per heavy atom. The molecule has 1 fully saturated rings. The van der Waals surface area contributed by atoms with E-state index in [9.17, 15) is 0 Å². The number of rotatable bonds is 3. The highest BCUT2D eigenvalue weighted by molar-refractivity contribution is 5.37. The van der Waals surface area contributed by atoms with Crippen LogP contribution in [0.4, 0.5) is 0 Å². The Kier molecular flexibility index (Phi) is 25.9. The molecule has 61 heavy (non-hydrogen) atoms. The first kappa shape index (κ1) is 66.8.